The molecule has 0 radical (unpaired) electrons. The van der Waals surface area contributed by atoms with Crippen molar-refractivity contribution in [1.82, 2.24) is 0 Å². The Kier molecular flexibility index (Phi) is 5.32. The van der Waals surface area contributed by atoms with Crippen LogP contribution in [-0.2, 0) is 14.9 Å². The standard InChI is InChI=1S/C19H30O3/c1-17(2,14-9-11-15(21-7)12-10-14)13-18(3,4)19(5,6)16(20)22-8/h9-12H,13H2,1-8H3. The molecule has 0 saturated heterocycles. The number of carbonyl (C=O) groups is 1. The molecule has 0 saturated carbocycles. The molecular formula is C19H30O3. The molecule has 0 aliphatic rings. The van der Waals surface area contributed by atoms with Crippen LogP contribution >= 0.6 is 0 Å². The Balaban J connectivity index is 3.05. The van der Waals surface area contributed by atoms with E-state index >= 15 is 0 Å². The minimum absolute atomic E-state index is 0.0545. The van der Waals surface area contributed by atoms with Crippen molar-refractivity contribution >= 4 is 5.97 Å². The molecule has 0 atom stereocenters. The molecule has 1 rings (SSSR count). The Morgan fingerprint density at radius 2 is 1.45 bits per heavy atom. The van der Waals surface area contributed by atoms with Crippen molar-refractivity contribution in [3.63, 3.8) is 0 Å². The van der Waals surface area contributed by atoms with Crippen molar-refractivity contribution in [2.45, 2.75) is 53.4 Å². The van der Waals surface area contributed by atoms with E-state index in [9.17, 15) is 4.79 Å². The van der Waals surface area contributed by atoms with Gasteiger partial charge in [0, 0.05) is 0 Å². The predicted octanol–water partition coefficient (Wildman–Crippen LogP) is 4.59. The first-order chi connectivity index (χ1) is 9.98. The van der Waals surface area contributed by atoms with E-state index in [1.54, 1.807) is 7.11 Å². The van der Waals surface area contributed by atoms with E-state index in [-0.39, 0.29) is 16.8 Å². The van der Waals surface area contributed by atoms with Crippen LogP contribution in [0.4, 0.5) is 0 Å². The largest absolute Gasteiger partial charge is 0.497 e. The van der Waals surface area contributed by atoms with E-state index in [2.05, 4.69) is 39.8 Å². The van der Waals surface area contributed by atoms with Crippen LogP contribution in [0.2, 0.25) is 0 Å². The molecular weight excluding hydrogens is 276 g/mol. The highest BCUT2D eigenvalue weighted by atomic mass is 16.5. The minimum atomic E-state index is -0.550. The number of hydrogen-bond donors (Lipinski definition) is 0. The highest BCUT2D eigenvalue weighted by Gasteiger charge is 2.46. The Morgan fingerprint density at radius 1 is 0.955 bits per heavy atom. The van der Waals surface area contributed by atoms with Crippen molar-refractivity contribution in [3.8, 4) is 5.75 Å². The first kappa shape index (κ1) is 18.5. The third-order valence-electron chi connectivity index (χ3n) is 5.14. The van der Waals surface area contributed by atoms with Crippen LogP contribution in [0.5, 0.6) is 5.75 Å². The SMILES string of the molecule is COC(=O)C(C)(C)C(C)(C)CC(C)(C)c1ccc(OC)cc1. The number of esters is 1. The Labute approximate surface area is 135 Å². The molecule has 0 N–H and O–H groups in total. The van der Waals surface area contributed by atoms with E-state index in [0.29, 0.717) is 0 Å². The number of methoxy groups -OCH3 is 2. The fourth-order valence-corrected chi connectivity index (χ4v) is 3.00. The molecule has 0 heterocycles. The van der Waals surface area contributed by atoms with Gasteiger partial charge in [-0.25, -0.2) is 0 Å². The Morgan fingerprint density at radius 3 is 1.86 bits per heavy atom. The van der Waals surface area contributed by atoms with Gasteiger partial charge in [-0.3, -0.25) is 4.79 Å². The first-order valence-corrected chi connectivity index (χ1v) is 7.71. The van der Waals surface area contributed by atoms with Gasteiger partial charge >= 0.3 is 5.97 Å². The van der Waals surface area contributed by atoms with Crippen molar-refractivity contribution in [2.24, 2.45) is 10.8 Å². The average Bonchev–Trinajstić information content (AvgIpc) is 2.45. The monoisotopic (exact) mass is 306 g/mol. The molecule has 0 unspecified atom stereocenters. The second-order valence-electron chi connectivity index (χ2n) is 7.79. The molecule has 0 spiro atoms. The number of carbonyl (C=O) groups excluding carboxylic acids is 1. The highest BCUT2D eigenvalue weighted by molar-refractivity contribution is 5.76. The van der Waals surface area contributed by atoms with Crippen LogP contribution in [0.1, 0.15) is 53.5 Å². The summed E-state index contributed by atoms with van der Waals surface area (Å²) in [6.45, 7) is 12.6. The second kappa shape index (κ2) is 6.31. The van der Waals surface area contributed by atoms with Gasteiger partial charge in [-0.1, -0.05) is 39.8 Å². The smallest absolute Gasteiger partial charge is 0.311 e. The van der Waals surface area contributed by atoms with Gasteiger partial charge in [0.2, 0.25) is 0 Å². The zero-order valence-corrected chi connectivity index (χ0v) is 15.2. The van der Waals surface area contributed by atoms with E-state index in [0.717, 1.165) is 12.2 Å². The Hall–Kier alpha value is -1.51. The molecule has 0 aliphatic carbocycles. The summed E-state index contributed by atoms with van der Waals surface area (Å²) in [6, 6.07) is 8.16. The van der Waals surface area contributed by atoms with Crippen molar-refractivity contribution in [1.29, 1.82) is 0 Å². The summed E-state index contributed by atoms with van der Waals surface area (Å²) in [4.78, 5) is 12.1. The molecule has 3 heteroatoms. The zero-order chi connectivity index (χ0) is 17.2. The lowest BCUT2D eigenvalue weighted by atomic mass is 9.60. The van der Waals surface area contributed by atoms with Crippen molar-refractivity contribution in [3.05, 3.63) is 29.8 Å². The number of hydrogen-bond acceptors (Lipinski definition) is 3. The third kappa shape index (κ3) is 3.63. The van der Waals surface area contributed by atoms with Gasteiger partial charge in [0.15, 0.2) is 0 Å². The molecule has 0 amide bonds. The van der Waals surface area contributed by atoms with Gasteiger partial charge in [-0.15, -0.1) is 0 Å². The summed E-state index contributed by atoms with van der Waals surface area (Å²) in [5.74, 6) is 0.691. The number of ether oxygens (including phenoxy) is 2. The van der Waals surface area contributed by atoms with Gasteiger partial charge in [-0.05, 0) is 48.8 Å². The quantitative estimate of drug-likeness (QED) is 0.721. The lowest BCUT2D eigenvalue weighted by molar-refractivity contribution is -0.158. The molecule has 0 aromatic heterocycles. The summed E-state index contributed by atoms with van der Waals surface area (Å²) in [7, 11) is 3.12. The van der Waals surface area contributed by atoms with Gasteiger partial charge in [0.05, 0.1) is 19.6 Å². The van der Waals surface area contributed by atoms with E-state index in [4.69, 9.17) is 9.47 Å². The molecule has 0 fully saturated rings. The molecule has 0 aliphatic heterocycles. The lowest BCUT2D eigenvalue weighted by Crippen LogP contribution is -2.43. The summed E-state index contributed by atoms with van der Waals surface area (Å²) < 4.78 is 10.2. The maximum absolute atomic E-state index is 12.1. The summed E-state index contributed by atoms with van der Waals surface area (Å²) in [5.41, 5.74) is 0.429. The van der Waals surface area contributed by atoms with Crippen LogP contribution in [-0.4, -0.2) is 20.2 Å². The van der Waals surface area contributed by atoms with E-state index < -0.39 is 5.41 Å². The maximum Gasteiger partial charge on any atom is 0.311 e. The van der Waals surface area contributed by atoms with Gasteiger partial charge < -0.3 is 9.47 Å². The predicted molar refractivity (Wildman–Crippen MR) is 90.2 cm³/mol. The maximum atomic E-state index is 12.1. The van der Waals surface area contributed by atoms with Crippen LogP contribution in [0.25, 0.3) is 0 Å². The summed E-state index contributed by atoms with van der Waals surface area (Å²) >= 11 is 0. The molecule has 124 valence electrons. The molecule has 22 heavy (non-hydrogen) atoms. The van der Waals surface area contributed by atoms with E-state index in [1.807, 2.05) is 26.0 Å². The van der Waals surface area contributed by atoms with Crippen molar-refractivity contribution in [2.75, 3.05) is 14.2 Å². The fourth-order valence-electron chi connectivity index (χ4n) is 3.00. The van der Waals surface area contributed by atoms with Gasteiger partial charge in [0.1, 0.15) is 5.75 Å². The summed E-state index contributed by atoms with van der Waals surface area (Å²) in [6.07, 6.45) is 0.869. The first-order valence-electron chi connectivity index (χ1n) is 7.71. The topological polar surface area (TPSA) is 35.5 Å². The average molecular weight is 306 g/mol. The van der Waals surface area contributed by atoms with Crippen LogP contribution < -0.4 is 4.74 Å². The zero-order valence-electron chi connectivity index (χ0n) is 15.2. The normalized spacial score (nSPS) is 12.9. The molecule has 1 aromatic carbocycles. The van der Waals surface area contributed by atoms with Crippen LogP contribution in [0.15, 0.2) is 24.3 Å². The fraction of sp³-hybridized carbons (Fsp3) is 0.632. The molecule has 3 nitrogen and oxygen atoms in total. The highest BCUT2D eigenvalue weighted by Crippen LogP contribution is 2.48. The van der Waals surface area contributed by atoms with Gasteiger partial charge in [-0.2, -0.15) is 0 Å². The van der Waals surface area contributed by atoms with Crippen LogP contribution in [0.3, 0.4) is 0 Å². The molecule has 0 bridgehead atoms. The molecule has 1 aromatic rings. The summed E-state index contributed by atoms with van der Waals surface area (Å²) in [5, 5.41) is 0. The number of rotatable bonds is 6. The van der Waals surface area contributed by atoms with Crippen LogP contribution in [0, 0.1) is 10.8 Å². The number of benzene rings is 1. The second-order valence-corrected chi connectivity index (χ2v) is 7.79. The Bertz CT molecular complexity index is 510. The minimum Gasteiger partial charge on any atom is -0.497 e. The lowest BCUT2D eigenvalue weighted by Gasteiger charge is -2.44. The van der Waals surface area contributed by atoms with Crippen molar-refractivity contribution < 1.29 is 14.3 Å². The third-order valence-corrected chi connectivity index (χ3v) is 5.14. The van der Waals surface area contributed by atoms with E-state index in [1.165, 1.54) is 12.7 Å². The van der Waals surface area contributed by atoms with Gasteiger partial charge in [0.25, 0.3) is 0 Å².